The fourth-order valence-corrected chi connectivity index (χ4v) is 2.54. The van der Waals surface area contributed by atoms with Gasteiger partial charge in [0, 0.05) is 25.7 Å². The van der Waals surface area contributed by atoms with Crippen LogP contribution in [0.15, 0.2) is 11.0 Å². The summed E-state index contributed by atoms with van der Waals surface area (Å²) < 4.78 is 1.41. The molecule has 2 rings (SSSR count). The van der Waals surface area contributed by atoms with Crippen molar-refractivity contribution in [1.29, 1.82) is 0 Å². The minimum Gasteiger partial charge on any atom is -0.367 e. The van der Waals surface area contributed by atoms with Gasteiger partial charge in [-0.2, -0.15) is 5.10 Å². The molecule has 2 N–H and O–H groups in total. The van der Waals surface area contributed by atoms with Gasteiger partial charge in [-0.3, -0.25) is 4.79 Å². The Bertz CT molecular complexity index is 474. The number of piperidine rings is 1. The van der Waals surface area contributed by atoms with Crippen molar-refractivity contribution >= 4 is 17.3 Å². The molecule has 0 aromatic carbocycles. The summed E-state index contributed by atoms with van der Waals surface area (Å²) in [4.78, 5) is 14.1. The Morgan fingerprint density at radius 1 is 1.61 bits per heavy atom. The van der Waals surface area contributed by atoms with E-state index in [1.165, 1.54) is 4.68 Å². The van der Waals surface area contributed by atoms with Crippen LogP contribution in [0.2, 0.25) is 5.02 Å². The van der Waals surface area contributed by atoms with Crippen molar-refractivity contribution in [2.24, 2.45) is 5.73 Å². The normalized spacial score (nSPS) is 20.2. The van der Waals surface area contributed by atoms with Gasteiger partial charge < -0.3 is 10.6 Å². The molecule has 0 saturated carbocycles. The van der Waals surface area contributed by atoms with Crippen LogP contribution in [-0.2, 0) is 6.54 Å². The number of nitrogens with two attached hydrogens (primary N) is 1. The number of halogens is 1. The van der Waals surface area contributed by atoms with E-state index in [1.54, 1.807) is 6.20 Å². The van der Waals surface area contributed by atoms with Crippen LogP contribution in [0.3, 0.4) is 0 Å². The zero-order chi connectivity index (χ0) is 13.1. The molecule has 1 aliphatic heterocycles. The lowest BCUT2D eigenvalue weighted by atomic mass is 10.1. The number of hydrogen-bond donors (Lipinski definition) is 1. The van der Waals surface area contributed by atoms with Crippen LogP contribution in [0, 0.1) is 0 Å². The molecule has 1 atom stereocenters. The zero-order valence-electron chi connectivity index (χ0n) is 10.6. The lowest BCUT2D eigenvalue weighted by Gasteiger charge is -2.32. The largest absolute Gasteiger partial charge is 0.367 e. The first-order valence-corrected chi connectivity index (χ1v) is 6.77. The maximum absolute atomic E-state index is 12.0. The first-order valence-electron chi connectivity index (χ1n) is 6.39. The summed E-state index contributed by atoms with van der Waals surface area (Å²) in [6, 6.07) is 0.146. The van der Waals surface area contributed by atoms with E-state index in [4.69, 9.17) is 17.3 Å². The molecule has 1 unspecified atom stereocenters. The number of hydrogen-bond acceptors (Lipinski definition) is 4. The van der Waals surface area contributed by atoms with Gasteiger partial charge in [-0.15, -0.1) is 0 Å². The van der Waals surface area contributed by atoms with Gasteiger partial charge in [0.25, 0.3) is 5.56 Å². The first kappa shape index (κ1) is 13.4. The summed E-state index contributed by atoms with van der Waals surface area (Å²) in [6.07, 6.45) is 4.58. The van der Waals surface area contributed by atoms with Crippen LogP contribution < -0.4 is 16.2 Å². The Hall–Kier alpha value is -1.07. The van der Waals surface area contributed by atoms with Gasteiger partial charge in [-0.1, -0.05) is 18.5 Å². The molecule has 2 heterocycles. The topological polar surface area (TPSA) is 64.2 Å². The van der Waals surface area contributed by atoms with Crippen LogP contribution in [-0.4, -0.2) is 28.9 Å². The van der Waals surface area contributed by atoms with Crippen LogP contribution in [0.4, 0.5) is 5.69 Å². The molecule has 0 spiro atoms. The maximum atomic E-state index is 12.0. The number of anilines is 1. The van der Waals surface area contributed by atoms with E-state index in [9.17, 15) is 4.79 Å². The monoisotopic (exact) mass is 270 g/mol. The van der Waals surface area contributed by atoms with E-state index in [2.05, 4.69) is 10.00 Å². The van der Waals surface area contributed by atoms with E-state index in [1.807, 2.05) is 6.92 Å². The average molecular weight is 271 g/mol. The van der Waals surface area contributed by atoms with Crippen LogP contribution >= 0.6 is 11.6 Å². The van der Waals surface area contributed by atoms with E-state index >= 15 is 0 Å². The number of nitrogens with zero attached hydrogens (tertiary/aromatic N) is 3. The van der Waals surface area contributed by atoms with Crippen molar-refractivity contribution in [3.8, 4) is 0 Å². The second-order valence-corrected chi connectivity index (χ2v) is 5.10. The van der Waals surface area contributed by atoms with Gasteiger partial charge in [0.2, 0.25) is 0 Å². The van der Waals surface area contributed by atoms with Crippen LogP contribution in [0.5, 0.6) is 0 Å². The molecular formula is C12H19ClN4O. The van der Waals surface area contributed by atoms with Crippen molar-refractivity contribution in [1.82, 2.24) is 9.78 Å². The van der Waals surface area contributed by atoms with Crippen molar-refractivity contribution in [2.75, 3.05) is 18.0 Å². The molecule has 0 amide bonds. The predicted octanol–water partition coefficient (Wildman–Crippen LogP) is 1.23. The summed E-state index contributed by atoms with van der Waals surface area (Å²) in [5, 5.41) is 4.42. The third-order valence-electron chi connectivity index (χ3n) is 3.20. The number of aromatic nitrogens is 2. The average Bonchev–Trinajstić information content (AvgIpc) is 2.35. The molecule has 18 heavy (non-hydrogen) atoms. The summed E-state index contributed by atoms with van der Waals surface area (Å²) in [5.41, 5.74) is 6.44. The van der Waals surface area contributed by atoms with Gasteiger partial charge in [0.1, 0.15) is 5.02 Å². The summed E-state index contributed by atoms with van der Waals surface area (Å²) in [7, 11) is 0. The molecule has 5 nitrogen and oxygen atoms in total. The molecule has 0 aliphatic carbocycles. The minimum absolute atomic E-state index is 0.146. The molecule has 1 fully saturated rings. The van der Waals surface area contributed by atoms with E-state index < -0.39 is 0 Å². The second-order valence-electron chi connectivity index (χ2n) is 4.72. The van der Waals surface area contributed by atoms with Crippen molar-refractivity contribution in [3.05, 3.63) is 21.6 Å². The minimum atomic E-state index is -0.213. The molecule has 6 heteroatoms. The molecule has 0 radical (unpaired) electrons. The van der Waals surface area contributed by atoms with Gasteiger partial charge in [-0.05, 0) is 19.3 Å². The van der Waals surface area contributed by atoms with Gasteiger partial charge >= 0.3 is 0 Å². The molecule has 1 aliphatic rings. The molecule has 1 aromatic rings. The Balaban J connectivity index is 2.29. The van der Waals surface area contributed by atoms with Crippen LogP contribution in [0.1, 0.15) is 26.2 Å². The highest BCUT2D eigenvalue weighted by Gasteiger charge is 2.21. The third-order valence-corrected chi connectivity index (χ3v) is 3.56. The molecule has 100 valence electrons. The molecule has 1 saturated heterocycles. The summed E-state index contributed by atoms with van der Waals surface area (Å²) in [5.74, 6) is 0. The predicted molar refractivity (Wildman–Crippen MR) is 73.2 cm³/mol. The highest BCUT2D eigenvalue weighted by atomic mass is 35.5. The third kappa shape index (κ3) is 2.67. The molecule has 0 bridgehead atoms. The lowest BCUT2D eigenvalue weighted by molar-refractivity contribution is 0.502. The van der Waals surface area contributed by atoms with Gasteiger partial charge in [0.05, 0.1) is 11.9 Å². The van der Waals surface area contributed by atoms with Crippen molar-refractivity contribution < 1.29 is 0 Å². The first-order chi connectivity index (χ1) is 8.63. The smallest absolute Gasteiger partial charge is 0.287 e. The standard InChI is InChI=1S/C12H19ClN4O/c1-2-5-17-12(18)11(13)10(7-15-17)16-6-3-4-9(14)8-16/h7,9H,2-6,8,14H2,1H3. The molecule has 1 aromatic heterocycles. The summed E-state index contributed by atoms with van der Waals surface area (Å²) >= 11 is 6.16. The Morgan fingerprint density at radius 2 is 2.39 bits per heavy atom. The Morgan fingerprint density at radius 3 is 3.06 bits per heavy atom. The quantitative estimate of drug-likeness (QED) is 0.897. The van der Waals surface area contributed by atoms with Crippen molar-refractivity contribution in [2.45, 2.75) is 38.8 Å². The van der Waals surface area contributed by atoms with E-state index in [-0.39, 0.29) is 16.6 Å². The van der Waals surface area contributed by atoms with Gasteiger partial charge in [0.15, 0.2) is 0 Å². The van der Waals surface area contributed by atoms with E-state index in [0.29, 0.717) is 12.2 Å². The zero-order valence-corrected chi connectivity index (χ0v) is 11.4. The number of aryl methyl sites for hydroxylation is 1. The lowest BCUT2D eigenvalue weighted by Crippen LogP contribution is -2.43. The SMILES string of the molecule is CCCn1ncc(N2CCCC(N)C2)c(Cl)c1=O. The number of rotatable bonds is 3. The van der Waals surface area contributed by atoms with Crippen molar-refractivity contribution in [3.63, 3.8) is 0 Å². The van der Waals surface area contributed by atoms with E-state index in [0.717, 1.165) is 32.4 Å². The maximum Gasteiger partial charge on any atom is 0.287 e. The second kappa shape index (κ2) is 5.71. The Kier molecular flexibility index (Phi) is 4.24. The fourth-order valence-electron chi connectivity index (χ4n) is 2.28. The van der Waals surface area contributed by atoms with Crippen LogP contribution in [0.25, 0.3) is 0 Å². The molecular weight excluding hydrogens is 252 g/mol. The summed E-state index contributed by atoms with van der Waals surface area (Å²) in [6.45, 7) is 4.21. The fraction of sp³-hybridized carbons (Fsp3) is 0.667. The highest BCUT2D eigenvalue weighted by molar-refractivity contribution is 6.33. The Labute approximate surface area is 112 Å². The van der Waals surface area contributed by atoms with Gasteiger partial charge in [-0.25, -0.2) is 4.68 Å². The highest BCUT2D eigenvalue weighted by Crippen LogP contribution is 2.24.